The number of phenolic OH excluding ortho intramolecular Hbond substituents is 1. The lowest BCUT2D eigenvalue weighted by Crippen LogP contribution is -2.38. The minimum Gasteiger partial charge on any atom is -0.504 e. The molecule has 1 N–H and O–H groups in total. The molecule has 1 unspecified atom stereocenters. The Morgan fingerprint density at radius 1 is 1.41 bits per heavy atom. The average molecular weight is 323 g/mol. The van der Waals surface area contributed by atoms with E-state index >= 15 is 0 Å². The average Bonchev–Trinajstić information content (AvgIpc) is 2.89. The Labute approximate surface area is 136 Å². The van der Waals surface area contributed by atoms with Crippen LogP contribution in [-0.4, -0.2) is 40.7 Å². The van der Waals surface area contributed by atoms with E-state index in [-0.39, 0.29) is 11.7 Å². The molecule has 4 nitrogen and oxygen atoms in total. The highest BCUT2D eigenvalue weighted by molar-refractivity contribution is 8.01. The molecule has 1 aromatic rings. The second kappa shape index (κ2) is 7.77. The van der Waals surface area contributed by atoms with Gasteiger partial charge in [0.05, 0.1) is 18.2 Å². The third-order valence-corrected chi connectivity index (χ3v) is 5.74. The molecule has 0 saturated carbocycles. The third kappa shape index (κ3) is 3.69. The lowest BCUT2D eigenvalue weighted by Gasteiger charge is -2.29. The van der Waals surface area contributed by atoms with Crippen LogP contribution < -0.4 is 4.74 Å². The lowest BCUT2D eigenvalue weighted by atomic mass is 10.0. The molecule has 5 heteroatoms. The number of rotatable bonds is 7. The van der Waals surface area contributed by atoms with Gasteiger partial charge in [0, 0.05) is 6.54 Å². The van der Waals surface area contributed by atoms with Gasteiger partial charge in [0.15, 0.2) is 11.5 Å². The van der Waals surface area contributed by atoms with Gasteiger partial charge in [-0.3, -0.25) is 4.79 Å². The molecule has 1 aliphatic rings. The number of benzene rings is 1. The van der Waals surface area contributed by atoms with Crippen LogP contribution in [0.3, 0.4) is 0 Å². The topological polar surface area (TPSA) is 49.8 Å². The van der Waals surface area contributed by atoms with Crippen LogP contribution in [0.25, 0.3) is 0 Å². The molecule has 0 radical (unpaired) electrons. The lowest BCUT2D eigenvalue weighted by molar-refractivity contribution is -0.128. The molecule has 0 aliphatic carbocycles. The Bertz CT molecular complexity index is 517. The highest BCUT2D eigenvalue weighted by Gasteiger charge is 2.35. The van der Waals surface area contributed by atoms with Crippen molar-refractivity contribution in [3.05, 3.63) is 23.8 Å². The summed E-state index contributed by atoms with van der Waals surface area (Å²) in [5.41, 5.74) is 1.07. The van der Waals surface area contributed by atoms with Crippen molar-refractivity contribution in [3.8, 4) is 11.5 Å². The van der Waals surface area contributed by atoms with E-state index in [1.807, 2.05) is 17.0 Å². The Morgan fingerprint density at radius 3 is 2.77 bits per heavy atom. The predicted molar refractivity (Wildman–Crippen MR) is 90.4 cm³/mol. The largest absolute Gasteiger partial charge is 0.504 e. The maximum atomic E-state index is 12.2. The molecule has 1 fully saturated rings. The first kappa shape index (κ1) is 17.0. The van der Waals surface area contributed by atoms with E-state index in [1.165, 1.54) is 0 Å². The molecule has 0 aromatic heterocycles. The van der Waals surface area contributed by atoms with Gasteiger partial charge >= 0.3 is 0 Å². The summed E-state index contributed by atoms with van der Waals surface area (Å²) in [7, 11) is 1.54. The predicted octanol–water partition coefficient (Wildman–Crippen LogP) is 3.28. The molecule has 2 rings (SSSR count). The number of thioether (sulfide) groups is 1. The number of methoxy groups -OCH3 is 1. The van der Waals surface area contributed by atoms with E-state index in [9.17, 15) is 9.90 Å². The maximum Gasteiger partial charge on any atom is 0.233 e. The van der Waals surface area contributed by atoms with Crippen molar-refractivity contribution in [3.63, 3.8) is 0 Å². The molecule has 1 aromatic carbocycles. The fraction of sp³-hybridized carbons (Fsp3) is 0.588. The smallest absolute Gasteiger partial charge is 0.233 e. The van der Waals surface area contributed by atoms with Crippen LogP contribution in [0.4, 0.5) is 0 Å². The van der Waals surface area contributed by atoms with Crippen molar-refractivity contribution in [1.82, 2.24) is 4.90 Å². The Kier molecular flexibility index (Phi) is 6.00. The van der Waals surface area contributed by atoms with E-state index in [2.05, 4.69) is 13.8 Å². The zero-order valence-electron chi connectivity index (χ0n) is 13.5. The fourth-order valence-electron chi connectivity index (χ4n) is 2.93. The zero-order chi connectivity index (χ0) is 16.1. The third-order valence-electron chi connectivity index (χ3n) is 4.34. The van der Waals surface area contributed by atoms with Crippen LogP contribution in [0.5, 0.6) is 11.5 Å². The second-order valence-electron chi connectivity index (χ2n) is 5.62. The number of ether oxygens (including phenoxy) is 1. The van der Waals surface area contributed by atoms with Gasteiger partial charge < -0.3 is 14.7 Å². The van der Waals surface area contributed by atoms with Gasteiger partial charge in [-0.05, 0) is 30.0 Å². The molecule has 0 spiro atoms. The number of amides is 1. The first-order valence-electron chi connectivity index (χ1n) is 7.87. The normalized spacial score (nSPS) is 18.3. The molecule has 1 saturated heterocycles. The standard InChI is InChI=1S/C17H25NO3S/c1-4-13(5-2)17-18(16(20)11-22-17)9-8-12-6-7-14(19)15(10-12)21-3/h6-7,10,13,17,19H,4-5,8-9,11H2,1-3H3. The zero-order valence-corrected chi connectivity index (χ0v) is 14.4. The molecule has 22 heavy (non-hydrogen) atoms. The van der Waals surface area contributed by atoms with Crippen molar-refractivity contribution in [2.75, 3.05) is 19.4 Å². The fourth-order valence-corrected chi connectivity index (χ4v) is 4.47. The van der Waals surface area contributed by atoms with Crippen molar-refractivity contribution >= 4 is 17.7 Å². The summed E-state index contributed by atoms with van der Waals surface area (Å²) in [6, 6.07) is 5.37. The summed E-state index contributed by atoms with van der Waals surface area (Å²) in [5.74, 6) is 2.03. The first-order chi connectivity index (χ1) is 10.6. The molecule has 1 atom stereocenters. The Morgan fingerprint density at radius 2 is 2.14 bits per heavy atom. The van der Waals surface area contributed by atoms with Crippen LogP contribution in [0.2, 0.25) is 0 Å². The SMILES string of the molecule is CCC(CC)C1SCC(=O)N1CCc1ccc(O)c(OC)c1. The van der Waals surface area contributed by atoms with Crippen LogP contribution in [-0.2, 0) is 11.2 Å². The summed E-state index contributed by atoms with van der Waals surface area (Å²) in [6.07, 6.45) is 2.98. The number of carbonyl (C=O) groups is 1. The Hall–Kier alpha value is -1.36. The minimum absolute atomic E-state index is 0.147. The highest BCUT2D eigenvalue weighted by atomic mass is 32.2. The van der Waals surface area contributed by atoms with Crippen molar-refractivity contribution in [2.24, 2.45) is 5.92 Å². The number of nitrogens with zero attached hydrogens (tertiary/aromatic N) is 1. The number of phenols is 1. The van der Waals surface area contributed by atoms with Crippen LogP contribution >= 0.6 is 11.8 Å². The molecule has 1 heterocycles. The minimum atomic E-state index is 0.147. The van der Waals surface area contributed by atoms with Gasteiger partial charge in [-0.2, -0.15) is 0 Å². The van der Waals surface area contributed by atoms with E-state index < -0.39 is 0 Å². The molecule has 1 aliphatic heterocycles. The molecular formula is C17H25NO3S. The van der Waals surface area contributed by atoms with Crippen molar-refractivity contribution in [1.29, 1.82) is 0 Å². The van der Waals surface area contributed by atoms with Crippen LogP contribution in [0, 0.1) is 5.92 Å². The van der Waals surface area contributed by atoms with E-state index in [0.29, 0.717) is 22.8 Å². The quantitative estimate of drug-likeness (QED) is 0.836. The van der Waals surface area contributed by atoms with Gasteiger partial charge in [0.2, 0.25) is 5.91 Å². The summed E-state index contributed by atoms with van der Waals surface area (Å²) < 4.78 is 5.14. The van der Waals surface area contributed by atoms with Crippen molar-refractivity contribution < 1.29 is 14.6 Å². The van der Waals surface area contributed by atoms with Crippen molar-refractivity contribution in [2.45, 2.75) is 38.5 Å². The van der Waals surface area contributed by atoms with Crippen LogP contribution in [0.15, 0.2) is 18.2 Å². The number of carbonyl (C=O) groups excluding carboxylic acids is 1. The summed E-state index contributed by atoms with van der Waals surface area (Å²) >= 11 is 1.77. The molecular weight excluding hydrogens is 298 g/mol. The molecule has 1 amide bonds. The summed E-state index contributed by atoms with van der Waals surface area (Å²) in [6.45, 7) is 5.11. The maximum absolute atomic E-state index is 12.2. The van der Waals surface area contributed by atoms with Gasteiger partial charge in [-0.1, -0.05) is 32.8 Å². The van der Waals surface area contributed by atoms with Gasteiger partial charge in [-0.15, -0.1) is 11.8 Å². The van der Waals surface area contributed by atoms with E-state index in [1.54, 1.807) is 24.9 Å². The van der Waals surface area contributed by atoms with E-state index in [4.69, 9.17) is 4.74 Å². The first-order valence-corrected chi connectivity index (χ1v) is 8.92. The van der Waals surface area contributed by atoms with Gasteiger partial charge in [0.1, 0.15) is 0 Å². The number of aromatic hydroxyl groups is 1. The molecule has 122 valence electrons. The monoisotopic (exact) mass is 323 g/mol. The van der Waals surface area contributed by atoms with Gasteiger partial charge in [0.25, 0.3) is 0 Å². The van der Waals surface area contributed by atoms with Crippen LogP contribution in [0.1, 0.15) is 32.3 Å². The van der Waals surface area contributed by atoms with Gasteiger partial charge in [-0.25, -0.2) is 0 Å². The second-order valence-corrected chi connectivity index (χ2v) is 6.73. The Balaban J connectivity index is 2.04. The number of hydrogen-bond donors (Lipinski definition) is 1. The highest BCUT2D eigenvalue weighted by Crippen LogP contribution is 2.34. The summed E-state index contributed by atoms with van der Waals surface area (Å²) in [4.78, 5) is 14.2. The number of hydrogen-bond acceptors (Lipinski definition) is 4. The van der Waals surface area contributed by atoms with E-state index in [0.717, 1.165) is 31.4 Å². The summed E-state index contributed by atoms with van der Waals surface area (Å²) in [5, 5.41) is 9.95. The molecule has 0 bridgehead atoms.